The Morgan fingerprint density at radius 3 is 2.72 bits per heavy atom. The molecule has 104 valence electrons. The molecule has 0 bridgehead atoms. The molecule has 1 saturated carbocycles. The van der Waals surface area contributed by atoms with Crippen LogP contribution in [0.1, 0.15) is 52.4 Å². The molecule has 1 saturated heterocycles. The molecule has 2 rings (SSSR count). The Kier molecular flexibility index (Phi) is 5.04. The Hall–Kier alpha value is -0.570. The first kappa shape index (κ1) is 13.9. The predicted octanol–water partition coefficient (Wildman–Crippen LogP) is 3.17. The monoisotopic (exact) mass is 254 g/mol. The van der Waals surface area contributed by atoms with Crippen LogP contribution in [0.2, 0.25) is 0 Å². The third-order valence-corrected chi connectivity index (χ3v) is 4.34. The Morgan fingerprint density at radius 1 is 1.22 bits per heavy atom. The van der Waals surface area contributed by atoms with Gasteiger partial charge in [-0.1, -0.05) is 19.8 Å². The standard InChI is InChI=1S/C15H26O3/c1-11-4-3-5-13(8-11)9-18-15(16)14-7-6-12(2)17-10-14/h11-14H,3-10H2,1-2H3. The summed E-state index contributed by atoms with van der Waals surface area (Å²) < 4.78 is 11.0. The first-order valence-corrected chi connectivity index (χ1v) is 7.43. The second kappa shape index (κ2) is 6.55. The van der Waals surface area contributed by atoms with Gasteiger partial charge in [0.2, 0.25) is 0 Å². The first-order chi connectivity index (χ1) is 8.65. The van der Waals surface area contributed by atoms with Gasteiger partial charge in [0.1, 0.15) is 0 Å². The van der Waals surface area contributed by atoms with Gasteiger partial charge >= 0.3 is 5.97 Å². The van der Waals surface area contributed by atoms with Gasteiger partial charge in [0.25, 0.3) is 0 Å². The fraction of sp³-hybridized carbons (Fsp3) is 0.933. The van der Waals surface area contributed by atoms with E-state index in [-0.39, 0.29) is 11.9 Å². The molecule has 0 spiro atoms. The Balaban J connectivity index is 1.68. The lowest BCUT2D eigenvalue weighted by atomic mass is 9.83. The van der Waals surface area contributed by atoms with E-state index in [1.165, 1.54) is 25.7 Å². The number of carbonyl (C=O) groups is 1. The number of ether oxygens (including phenoxy) is 2. The van der Waals surface area contributed by atoms with Gasteiger partial charge in [-0.2, -0.15) is 0 Å². The third kappa shape index (κ3) is 3.98. The minimum atomic E-state index is -0.0415. The minimum Gasteiger partial charge on any atom is -0.465 e. The number of hydrogen-bond donors (Lipinski definition) is 0. The molecule has 0 aromatic carbocycles. The lowest BCUT2D eigenvalue weighted by molar-refractivity contribution is -0.156. The van der Waals surface area contributed by atoms with Crippen molar-refractivity contribution in [2.24, 2.45) is 17.8 Å². The first-order valence-electron chi connectivity index (χ1n) is 7.43. The highest BCUT2D eigenvalue weighted by molar-refractivity contribution is 5.72. The Bertz CT molecular complexity index is 269. The van der Waals surface area contributed by atoms with E-state index in [2.05, 4.69) is 13.8 Å². The molecule has 2 aliphatic rings. The van der Waals surface area contributed by atoms with Crippen molar-refractivity contribution >= 4 is 5.97 Å². The SMILES string of the molecule is CC1CCCC(COC(=O)C2CCC(C)OC2)C1. The fourth-order valence-corrected chi connectivity index (χ4v) is 3.10. The lowest BCUT2D eigenvalue weighted by Crippen LogP contribution is -2.31. The molecule has 1 aliphatic heterocycles. The Morgan fingerprint density at radius 2 is 2.06 bits per heavy atom. The van der Waals surface area contributed by atoms with Crippen LogP contribution in [0.15, 0.2) is 0 Å². The van der Waals surface area contributed by atoms with E-state index < -0.39 is 0 Å². The largest absolute Gasteiger partial charge is 0.465 e. The van der Waals surface area contributed by atoms with Crippen molar-refractivity contribution in [1.29, 1.82) is 0 Å². The summed E-state index contributed by atoms with van der Waals surface area (Å²) in [5.41, 5.74) is 0. The molecule has 2 fully saturated rings. The zero-order valence-electron chi connectivity index (χ0n) is 11.7. The van der Waals surface area contributed by atoms with Crippen molar-refractivity contribution in [1.82, 2.24) is 0 Å². The molecule has 18 heavy (non-hydrogen) atoms. The van der Waals surface area contributed by atoms with Crippen LogP contribution in [0, 0.1) is 17.8 Å². The van der Waals surface area contributed by atoms with Crippen LogP contribution in [-0.4, -0.2) is 25.3 Å². The molecule has 0 amide bonds. The maximum absolute atomic E-state index is 11.9. The van der Waals surface area contributed by atoms with Crippen molar-refractivity contribution in [3.8, 4) is 0 Å². The van der Waals surface area contributed by atoms with Gasteiger partial charge in [0.15, 0.2) is 0 Å². The lowest BCUT2D eigenvalue weighted by Gasteiger charge is -2.28. The normalized spacial score (nSPS) is 37.2. The van der Waals surface area contributed by atoms with Gasteiger partial charge in [-0.25, -0.2) is 0 Å². The zero-order chi connectivity index (χ0) is 13.0. The van der Waals surface area contributed by atoms with Gasteiger partial charge in [-0.05, 0) is 44.4 Å². The van der Waals surface area contributed by atoms with Crippen LogP contribution < -0.4 is 0 Å². The fourth-order valence-electron chi connectivity index (χ4n) is 3.10. The number of esters is 1. The average molecular weight is 254 g/mol. The van der Waals surface area contributed by atoms with E-state index in [1.807, 2.05) is 0 Å². The van der Waals surface area contributed by atoms with Gasteiger partial charge in [0, 0.05) is 0 Å². The van der Waals surface area contributed by atoms with E-state index in [4.69, 9.17) is 9.47 Å². The van der Waals surface area contributed by atoms with Crippen LogP contribution in [0.3, 0.4) is 0 Å². The van der Waals surface area contributed by atoms with Gasteiger partial charge in [-0.15, -0.1) is 0 Å². The van der Waals surface area contributed by atoms with E-state index in [9.17, 15) is 4.79 Å². The van der Waals surface area contributed by atoms with Crippen molar-refractivity contribution in [3.63, 3.8) is 0 Å². The highest BCUT2D eigenvalue weighted by atomic mass is 16.5. The predicted molar refractivity (Wildman–Crippen MR) is 70.2 cm³/mol. The van der Waals surface area contributed by atoms with Crippen LogP contribution in [0.5, 0.6) is 0 Å². The quantitative estimate of drug-likeness (QED) is 0.726. The maximum atomic E-state index is 11.9. The summed E-state index contributed by atoms with van der Waals surface area (Å²) >= 11 is 0. The summed E-state index contributed by atoms with van der Waals surface area (Å²) in [4.78, 5) is 11.9. The molecule has 0 aromatic rings. The molecular weight excluding hydrogens is 228 g/mol. The summed E-state index contributed by atoms with van der Waals surface area (Å²) in [6.07, 6.45) is 7.24. The van der Waals surface area contributed by atoms with Crippen molar-refractivity contribution in [3.05, 3.63) is 0 Å². The number of rotatable bonds is 3. The second-order valence-corrected chi connectivity index (χ2v) is 6.19. The second-order valence-electron chi connectivity index (χ2n) is 6.19. The average Bonchev–Trinajstić information content (AvgIpc) is 2.37. The summed E-state index contributed by atoms with van der Waals surface area (Å²) in [5, 5.41) is 0. The summed E-state index contributed by atoms with van der Waals surface area (Å²) in [7, 11) is 0. The molecule has 0 N–H and O–H groups in total. The van der Waals surface area contributed by atoms with Crippen LogP contribution in [0.25, 0.3) is 0 Å². The highest BCUT2D eigenvalue weighted by Crippen LogP contribution is 2.29. The zero-order valence-corrected chi connectivity index (χ0v) is 11.7. The summed E-state index contributed by atoms with van der Waals surface area (Å²) in [6, 6.07) is 0. The van der Waals surface area contributed by atoms with E-state index >= 15 is 0 Å². The van der Waals surface area contributed by atoms with Crippen LogP contribution in [-0.2, 0) is 14.3 Å². The minimum absolute atomic E-state index is 0.0257. The van der Waals surface area contributed by atoms with Crippen LogP contribution >= 0.6 is 0 Å². The number of hydrogen-bond acceptors (Lipinski definition) is 3. The smallest absolute Gasteiger partial charge is 0.311 e. The van der Waals surface area contributed by atoms with Crippen LogP contribution in [0.4, 0.5) is 0 Å². The van der Waals surface area contributed by atoms with E-state index in [1.54, 1.807) is 0 Å². The molecule has 4 atom stereocenters. The maximum Gasteiger partial charge on any atom is 0.311 e. The van der Waals surface area contributed by atoms with Crippen molar-refractivity contribution < 1.29 is 14.3 Å². The van der Waals surface area contributed by atoms with Crippen molar-refractivity contribution in [2.45, 2.75) is 58.5 Å². The van der Waals surface area contributed by atoms with Gasteiger partial charge < -0.3 is 9.47 Å². The topological polar surface area (TPSA) is 35.5 Å². The summed E-state index contributed by atoms with van der Waals surface area (Å²) in [6.45, 7) is 5.52. The van der Waals surface area contributed by atoms with E-state index in [0.717, 1.165) is 18.8 Å². The molecule has 0 radical (unpaired) electrons. The van der Waals surface area contributed by atoms with Gasteiger partial charge in [-0.3, -0.25) is 4.79 Å². The molecule has 3 heteroatoms. The molecule has 4 unspecified atom stereocenters. The van der Waals surface area contributed by atoms with E-state index in [0.29, 0.717) is 25.2 Å². The molecule has 1 aliphatic carbocycles. The van der Waals surface area contributed by atoms with Gasteiger partial charge in [0.05, 0.1) is 25.2 Å². The highest BCUT2D eigenvalue weighted by Gasteiger charge is 2.27. The molecular formula is C15H26O3. The Labute approximate surface area is 110 Å². The number of carbonyl (C=O) groups excluding carboxylic acids is 1. The molecule has 1 heterocycles. The molecule has 3 nitrogen and oxygen atoms in total. The summed E-state index contributed by atoms with van der Waals surface area (Å²) in [5.74, 6) is 1.31. The molecule has 0 aromatic heterocycles. The third-order valence-electron chi connectivity index (χ3n) is 4.34. The van der Waals surface area contributed by atoms with Crippen molar-refractivity contribution in [2.75, 3.05) is 13.2 Å².